The number of rotatable bonds is 8. The molecule has 0 saturated heterocycles. The number of hydrogen-bond donors (Lipinski definition) is 3. The van der Waals surface area contributed by atoms with Crippen molar-refractivity contribution in [3.8, 4) is 11.8 Å². The molecule has 1 aromatic heterocycles. The molecule has 0 bridgehead atoms. The van der Waals surface area contributed by atoms with Crippen molar-refractivity contribution in [2.75, 3.05) is 23.5 Å². The average molecular weight is 519 g/mol. The van der Waals surface area contributed by atoms with Gasteiger partial charge in [-0.05, 0) is 43.3 Å². The molecule has 3 aromatic rings. The van der Waals surface area contributed by atoms with Crippen molar-refractivity contribution in [1.29, 1.82) is 5.26 Å². The summed E-state index contributed by atoms with van der Waals surface area (Å²) in [6.45, 7) is 1.68. The fourth-order valence-electron chi connectivity index (χ4n) is 3.86. The fraction of sp³-hybridized carbons (Fsp3) is 0.148. The standard InChI is InChI=1S/C27H23FN4O4S/c1-16-24(26(34)32-21-10-4-3-9-20(21)28)25(22-11-6-12-36-22)19(14-29)27(30-16)37-15-23(33)31-17-7-5-8-18(13-17)35-2/h3-13,25,30H,15H2,1-2H3,(H,31,33)(H,32,34)/t25-/m0/s1. The summed E-state index contributed by atoms with van der Waals surface area (Å²) >= 11 is 1.13. The van der Waals surface area contributed by atoms with Gasteiger partial charge in [-0.1, -0.05) is 30.0 Å². The lowest BCUT2D eigenvalue weighted by Crippen LogP contribution is -2.31. The molecule has 0 aliphatic carbocycles. The number of para-hydroxylation sites is 1. The monoisotopic (exact) mass is 518 g/mol. The summed E-state index contributed by atoms with van der Waals surface area (Å²) in [4.78, 5) is 25.9. The molecule has 1 aliphatic rings. The number of furan rings is 1. The first-order valence-electron chi connectivity index (χ1n) is 11.2. The van der Waals surface area contributed by atoms with Crippen LogP contribution in [0.25, 0.3) is 0 Å². The number of carbonyl (C=O) groups is 2. The van der Waals surface area contributed by atoms with Gasteiger partial charge in [0.1, 0.15) is 17.3 Å². The van der Waals surface area contributed by atoms with Crippen LogP contribution in [0.4, 0.5) is 15.8 Å². The number of methoxy groups -OCH3 is 1. The van der Waals surface area contributed by atoms with Crippen LogP contribution in [0.2, 0.25) is 0 Å². The second-order valence-corrected chi connectivity index (χ2v) is 8.96. The minimum Gasteiger partial charge on any atom is -0.497 e. The van der Waals surface area contributed by atoms with Gasteiger partial charge in [-0.25, -0.2) is 4.39 Å². The Morgan fingerprint density at radius 1 is 1.16 bits per heavy atom. The molecule has 8 nitrogen and oxygen atoms in total. The Bertz CT molecular complexity index is 1430. The fourth-order valence-corrected chi connectivity index (χ4v) is 4.75. The van der Waals surface area contributed by atoms with Crippen molar-refractivity contribution in [3.63, 3.8) is 0 Å². The second kappa shape index (κ2) is 11.5. The van der Waals surface area contributed by atoms with Crippen molar-refractivity contribution in [1.82, 2.24) is 5.32 Å². The summed E-state index contributed by atoms with van der Waals surface area (Å²) in [5, 5.41) is 19.0. The van der Waals surface area contributed by atoms with Crippen molar-refractivity contribution < 1.29 is 23.1 Å². The maximum atomic E-state index is 14.2. The van der Waals surface area contributed by atoms with Gasteiger partial charge >= 0.3 is 0 Å². The molecule has 0 saturated carbocycles. The molecule has 3 N–H and O–H groups in total. The first-order valence-corrected chi connectivity index (χ1v) is 12.2. The van der Waals surface area contributed by atoms with Crippen LogP contribution in [0.5, 0.6) is 5.75 Å². The highest BCUT2D eigenvalue weighted by molar-refractivity contribution is 8.03. The number of allylic oxidation sites excluding steroid dienone is 2. The summed E-state index contributed by atoms with van der Waals surface area (Å²) in [5.74, 6) is -1.32. The highest BCUT2D eigenvalue weighted by Gasteiger charge is 2.36. The number of nitrogens with one attached hydrogen (secondary N) is 3. The Kier molecular flexibility index (Phi) is 7.95. The Labute approximate surface area is 217 Å². The third kappa shape index (κ3) is 5.85. The van der Waals surface area contributed by atoms with Crippen LogP contribution in [-0.2, 0) is 9.59 Å². The normalized spacial score (nSPS) is 15.0. The molecule has 0 radical (unpaired) electrons. The molecule has 0 spiro atoms. The van der Waals surface area contributed by atoms with E-state index in [1.54, 1.807) is 49.4 Å². The lowest BCUT2D eigenvalue weighted by atomic mass is 9.85. The zero-order valence-electron chi connectivity index (χ0n) is 20.0. The van der Waals surface area contributed by atoms with Crippen LogP contribution in [0.3, 0.4) is 0 Å². The molecule has 1 aliphatic heterocycles. The Balaban J connectivity index is 1.57. The molecular formula is C27H23FN4O4S. The van der Waals surface area contributed by atoms with E-state index in [0.717, 1.165) is 11.8 Å². The number of carbonyl (C=O) groups excluding carboxylic acids is 2. The van der Waals surface area contributed by atoms with Crippen LogP contribution in [-0.4, -0.2) is 24.7 Å². The molecule has 10 heteroatoms. The number of anilines is 2. The van der Waals surface area contributed by atoms with Crippen molar-refractivity contribution >= 4 is 35.0 Å². The number of ether oxygens (including phenoxy) is 1. The minimum atomic E-state index is -0.850. The molecule has 1 atom stereocenters. The van der Waals surface area contributed by atoms with E-state index in [4.69, 9.17) is 9.15 Å². The van der Waals surface area contributed by atoms with Crippen LogP contribution in [0.15, 0.2) is 93.2 Å². The van der Waals surface area contributed by atoms with E-state index < -0.39 is 17.6 Å². The van der Waals surface area contributed by atoms with E-state index in [1.807, 2.05) is 0 Å². The molecule has 4 rings (SSSR count). The zero-order chi connectivity index (χ0) is 26.4. The molecule has 0 fully saturated rings. The van der Waals surface area contributed by atoms with E-state index in [1.165, 1.54) is 31.6 Å². The quantitative estimate of drug-likeness (QED) is 0.378. The Hall–Kier alpha value is -4.49. The van der Waals surface area contributed by atoms with Gasteiger partial charge in [-0.3, -0.25) is 9.59 Å². The van der Waals surface area contributed by atoms with E-state index in [-0.39, 0.29) is 28.5 Å². The summed E-state index contributed by atoms with van der Waals surface area (Å²) < 4.78 is 24.9. The summed E-state index contributed by atoms with van der Waals surface area (Å²) in [5.41, 5.74) is 1.46. The van der Waals surface area contributed by atoms with Crippen LogP contribution >= 0.6 is 11.8 Å². The van der Waals surface area contributed by atoms with E-state index >= 15 is 0 Å². The number of thioether (sulfide) groups is 1. The maximum Gasteiger partial charge on any atom is 0.254 e. The van der Waals surface area contributed by atoms with E-state index in [2.05, 4.69) is 22.0 Å². The van der Waals surface area contributed by atoms with Crippen molar-refractivity contribution in [2.45, 2.75) is 12.8 Å². The molecule has 188 valence electrons. The van der Waals surface area contributed by atoms with Gasteiger partial charge in [-0.2, -0.15) is 5.26 Å². The number of benzene rings is 2. The number of hydrogen-bond acceptors (Lipinski definition) is 7. The van der Waals surface area contributed by atoms with Gasteiger partial charge in [0.15, 0.2) is 0 Å². The van der Waals surface area contributed by atoms with Crippen molar-refractivity contribution in [3.05, 3.63) is 100 Å². The van der Waals surface area contributed by atoms with Gasteiger partial charge in [0.2, 0.25) is 5.91 Å². The third-order valence-electron chi connectivity index (χ3n) is 5.54. The SMILES string of the molecule is COc1cccc(NC(=O)CSC2=C(C#N)[C@@H](c3ccco3)C(C(=O)Nc3ccccc3F)=C(C)N2)c1. The van der Waals surface area contributed by atoms with Crippen LogP contribution in [0.1, 0.15) is 18.6 Å². The van der Waals surface area contributed by atoms with Gasteiger partial charge in [0.25, 0.3) is 5.91 Å². The lowest BCUT2D eigenvalue weighted by Gasteiger charge is -2.28. The Morgan fingerprint density at radius 3 is 2.68 bits per heavy atom. The first kappa shape index (κ1) is 25.6. The van der Waals surface area contributed by atoms with Gasteiger partial charge in [0.05, 0.1) is 53.0 Å². The van der Waals surface area contributed by atoms with E-state index in [9.17, 15) is 19.2 Å². The molecule has 2 amide bonds. The minimum absolute atomic E-state index is 0.000363. The molecule has 0 unspecified atom stereocenters. The van der Waals surface area contributed by atoms with E-state index in [0.29, 0.717) is 27.9 Å². The topological polar surface area (TPSA) is 116 Å². The average Bonchev–Trinajstić information content (AvgIpc) is 3.43. The summed E-state index contributed by atoms with van der Waals surface area (Å²) in [7, 11) is 1.54. The zero-order valence-corrected chi connectivity index (χ0v) is 20.8. The molecule has 2 heterocycles. The van der Waals surface area contributed by atoms with Gasteiger partial charge < -0.3 is 25.1 Å². The maximum absolute atomic E-state index is 14.2. The Morgan fingerprint density at radius 2 is 1.97 bits per heavy atom. The van der Waals surface area contributed by atoms with Crippen molar-refractivity contribution in [2.24, 2.45) is 0 Å². The van der Waals surface area contributed by atoms with Gasteiger partial charge in [-0.15, -0.1) is 0 Å². The smallest absolute Gasteiger partial charge is 0.254 e. The number of nitriles is 1. The molecule has 2 aromatic carbocycles. The third-order valence-corrected chi connectivity index (χ3v) is 6.56. The molecule has 37 heavy (non-hydrogen) atoms. The predicted octanol–water partition coefficient (Wildman–Crippen LogP) is 5.13. The van der Waals surface area contributed by atoms with Crippen LogP contribution < -0.4 is 20.7 Å². The second-order valence-electron chi connectivity index (χ2n) is 7.97. The predicted molar refractivity (Wildman–Crippen MR) is 139 cm³/mol. The number of nitrogens with zero attached hydrogens (tertiary/aromatic N) is 1. The number of amides is 2. The van der Waals surface area contributed by atoms with Crippen LogP contribution in [0, 0.1) is 17.1 Å². The largest absolute Gasteiger partial charge is 0.497 e. The first-order chi connectivity index (χ1) is 17.9. The highest BCUT2D eigenvalue weighted by atomic mass is 32.2. The number of dihydropyridines is 1. The van der Waals surface area contributed by atoms with Gasteiger partial charge in [0, 0.05) is 17.5 Å². The summed E-state index contributed by atoms with van der Waals surface area (Å²) in [6.07, 6.45) is 1.45. The molecular weight excluding hydrogens is 495 g/mol. The number of halogens is 1. The summed E-state index contributed by atoms with van der Waals surface area (Å²) in [6, 6.07) is 18.3. The highest BCUT2D eigenvalue weighted by Crippen LogP contribution is 2.41. The lowest BCUT2D eigenvalue weighted by molar-refractivity contribution is -0.114.